The lowest BCUT2D eigenvalue weighted by Gasteiger charge is -2.20. The molecule has 0 saturated carbocycles. The van der Waals surface area contributed by atoms with Crippen LogP contribution in [0.15, 0.2) is 0 Å². The van der Waals surface area contributed by atoms with Crippen LogP contribution in [0.2, 0.25) is 0 Å². The maximum Gasteiger partial charge on any atom is 0.328 e. The third-order valence-electron chi connectivity index (χ3n) is 4.24. The van der Waals surface area contributed by atoms with E-state index in [0.717, 1.165) is 44.0 Å². The first-order valence-corrected chi connectivity index (χ1v) is 7.13. The van der Waals surface area contributed by atoms with Crippen LogP contribution in [-0.4, -0.2) is 43.8 Å². The van der Waals surface area contributed by atoms with Crippen molar-refractivity contribution in [3.05, 3.63) is 11.6 Å². The number of nitrogens with zero attached hydrogens (tertiary/aromatic N) is 4. The van der Waals surface area contributed by atoms with Gasteiger partial charge in [-0.3, -0.25) is 4.90 Å². The van der Waals surface area contributed by atoms with Gasteiger partial charge in [-0.2, -0.15) is 5.10 Å². The molecule has 3 rings (SSSR count). The lowest BCUT2D eigenvalue weighted by Crippen LogP contribution is -2.26. The maximum atomic E-state index is 11.3. The van der Waals surface area contributed by atoms with Crippen molar-refractivity contribution in [1.29, 1.82) is 0 Å². The number of hydrogen-bond donors (Lipinski definition) is 1. The summed E-state index contributed by atoms with van der Waals surface area (Å²) < 4.78 is 1.65. The molecule has 2 aliphatic heterocycles. The zero-order valence-electron chi connectivity index (χ0n) is 11.2. The first kappa shape index (κ1) is 12.6. The van der Waals surface area contributed by atoms with Gasteiger partial charge in [0.15, 0.2) is 11.9 Å². The Morgan fingerprint density at radius 1 is 1.42 bits per heavy atom. The van der Waals surface area contributed by atoms with E-state index in [1.165, 1.54) is 6.42 Å². The van der Waals surface area contributed by atoms with Crippen LogP contribution in [-0.2, 0) is 11.2 Å². The molecule has 1 aromatic heterocycles. The Hall–Kier alpha value is -1.43. The Bertz CT molecular complexity index is 485. The molecule has 6 nitrogen and oxygen atoms in total. The van der Waals surface area contributed by atoms with Crippen LogP contribution in [0.1, 0.15) is 56.3 Å². The third kappa shape index (κ3) is 2.14. The predicted molar refractivity (Wildman–Crippen MR) is 68.9 cm³/mol. The summed E-state index contributed by atoms with van der Waals surface area (Å²) in [5, 5.41) is 13.8. The lowest BCUT2D eigenvalue weighted by atomic mass is 10.1. The van der Waals surface area contributed by atoms with Crippen molar-refractivity contribution >= 4 is 5.97 Å². The molecular formula is C13H20N4O2. The largest absolute Gasteiger partial charge is 0.480 e. The van der Waals surface area contributed by atoms with Gasteiger partial charge in [0, 0.05) is 6.42 Å². The first-order chi connectivity index (χ1) is 9.20. The molecule has 3 heterocycles. The van der Waals surface area contributed by atoms with E-state index in [1.54, 1.807) is 4.68 Å². The van der Waals surface area contributed by atoms with Crippen molar-refractivity contribution in [1.82, 2.24) is 19.7 Å². The zero-order valence-corrected chi connectivity index (χ0v) is 11.2. The minimum absolute atomic E-state index is 0.276. The number of carboxylic acid groups (broad SMARTS) is 1. The molecule has 0 aliphatic carbocycles. The molecule has 1 fully saturated rings. The highest BCUT2D eigenvalue weighted by atomic mass is 16.4. The van der Waals surface area contributed by atoms with Gasteiger partial charge in [-0.05, 0) is 38.8 Å². The fraction of sp³-hybridized carbons (Fsp3) is 0.769. The van der Waals surface area contributed by atoms with Gasteiger partial charge in [0.05, 0.1) is 6.04 Å². The summed E-state index contributed by atoms with van der Waals surface area (Å²) in [6.07, 6.45) is 4.64. The van der Waals surface area contributed by atoms with Crippen molar-refractivity contribution in [3.8, 4) is 0 Å². The monoisotopic (exact) mass is 264 g/mol. The van der Waals surface area contributed by atoms with E-state index in [4.69, 9.17) is 0 Å². The summed E-state index contributed by atoms with van der Waals surface area (Å²) in [5.41, 5.74) is 0. The smallest absolute Gasteiger partial charge is 0.328 e. The van der Waals surface area contributed by atoms with E-state index < -0.39 is 12.0 Å². The number of carbonyl (C=O) groups is 1. The molecule has 0 aromatic carbocycles. The predicted octanol–water partition coefficient (Wildman–Crippen LogP) is 1.40. The van der Waals surface area contributed by atoms with Crippen molar-refractivity contribution in [2.75, 3.05) is 13.1 Å². The number of aromatic nitrogens is 3. The van der Waals surface area contributed by atoms with Crippen molar-refractivity contribution in [3.63, 3.8) is 0 Å². The van der Waals surface area contributed by atoms with E-state index in [9.17, 15) is 9.90 Å². The fourth-order valence-electron chi connectivity index (χ4n) is 3.24. The van der Waals surface area contributed by atoms with E-state index in [0.29, 0.717) is 6.42 Å². The zero-order chi connectivity index (χ0) is 13.4. The molecule has 2 aliphatic rings. The van der Waals surface area contributed by atoms with Crippen LogP contribution in [0.4, 0.5) is 0 Å². The topological polar surface area (TPSA) is 71.2 Å². The van der Waals surface area contributed by atoms with Gasteiger partial charge < -0.3 is 5.11 Å². The quantitative estimate of drug-likeness (QED) is 0.893. The molecule has 0 bridgehead atoms. The van der Waals surface area contributed by atoms with Gasteiger partial charge in [-0.1, -0.05) is 6.92 Å². The second kappa shape index (κ2) is 4.92. The van der Waals surface area contributed by atoms with Crippen LogP contribution in [0.3, 0.4) is 0 Å². The van der Waals surface area contributed by atoms with E-state index in [-0.39, 0.29) is 6.04 Å². The lowest BCUT2D eigenvalue weighted by molar-refractivity contribution is -0.141. The Morgan fingerprint density at radius 2 is 2.26 bits per heavy atom. The van der Waals surface area contributed by atoms with Crippen LogP contribution in [0.5, 0.6) is 0 Å². The van der Waals surface area contributed by atoms with E-state index in [2.05, 4.69) is 21.9 Å². The van der Waals surface area contributed by atoms with Gasteiger partial charge >= 0.3 is 5.97 Å². The highest BCUT2D eigenvalue weighted by Gasteiger charge is 2.33. The molecule has 0 amide bonds. The molecule has 0 radical (unpaired) electrons. The minimum Gasteiger partial charge on any atom is -0.480 e. The molecule has 19 heavy (non-hydrogen) atoms. The highest BCUT2D eigenvalue weighted by molar-refractivity contribution is 5.71. The number of rotatable bonds is 3. The molecule has 1 N–H and O–H groups in total. The third-order valence-corrected chi connectivity index (χ3v) is 4.24. The summed E-state index contributed by atoms with van der Waals surface area (Å²) in [7, 11) is 0. The number of aryl methyl sites for hydroxylation is 1. The average Bonchev–Trinajstić information content (AvgIpc) is 3.03. The number of carboxylic acids is 1. The maximum absolute atomic E-state index is 11.3. The van der Waals surface area contributed by atoms with Gasteiger partial charge in [0.1, 0.15) is 5.82 Å². The first-order valence-electron chi connectivity index (χ1n) is 7.13. The van der Waals surface area contributed by atoms with E-state index >= 15 is 0 Å². The van der Waals surface area contributed by atoms with Crippen LogP contribution < -0.4 is 0 Å². The summed E-state index contributed by atoms with van der Waals surface area (Å²) in [6.45, 7) is 4.23. The number of fused-ring (bicyclic) bond motifs is 1. The SMILES string of the molecule is CCN1CCCC1c1nc2n(n1)C(C(=O)O)CCC2. The highest BCUT2D eigenvalue weighted by Crippen LogP contribution is 2.31. The molecule has 2 atom stereocenters. The van der Waals surface area contributed by atoms with Gasteiger partial charge in [-0.25, -0.2) is 14.5 Å². The number of aliphatic carboxylic acids is 1. The summed E-state index contributed by atoms with van der Waals surface area (Å²) >= 11 is 0. The Kier molecular flexibility index (Phi) is 3.26. The minimum atomic E-state index is -0.795. The second-order valence-electron chi connectivity index (χ2n) is 5.36. The fourth-order valence-corrected chi connectivity index (χ4v) is 3.24. The Balaban J connectivity index is 1.91. The summed E-state index contributed by atoms with van der Waals surface area (Å²) in [4.78, 5) is 18.3. The molecule has 1 aromatic rings. The molecule has 1 saturated heterocycles. The standard InChI is InChI=1S/C13H20N4O2/c1-2-16-8-4-6-9(16)12-14-11-7-3-5-10(13(18)19)17(11)15-12/h9-10H,2-8H2,1H3,(H,18,19). The number of likely N-dealkylation sites (tertiary alicyclic amines) is 1. The van der Waals surface area contributed by atoms with Gasteiger partial charge in [0.25, 0.3) is 0 Å². The molecule has 2 unspecified atom stereocenters. The summed E-state index contributed by atoms with van der Waals surface area (Å²) in [6, 6.07) is -0.251. The molecule has 104 valence electrons. The van der Waals surface area contributed by atoms with Gasteiger partial charge in [-0.15, -0.1) is 0 Å². The number of hydrogen-bond acceptors (Lipinski definition) is 4. The van der Waals surface area contributed by atoms with Gasteiger partial charge in [0.2, 0.25) is 0 Å². The van der Waals surface area contributed by atoms with E-state index in [1.807, 2.05) is 0 Å². The van der Waals surface area contributed by atoms with Crippen molar-refractivity contribution in [2.24, 2.45) is 0 Å². The Labute approximate surface area is 112 Å². The summed E-state index contributed by atoms with van der Waals surface area (Å²) in [5.74, 6) is 0.871. The van der Waals surface area contributed by atoms with Crippen molar-refractivity contribution in [2.45, 2.75) is 51.1 Å². The molecular weight excluding hydrogens is 244 g/mol. The Morgan fingerprint density at radius 3 is 3.00 bits per heavy atom. The van der Waals surface area contributed by atoms with Crippen LogP contribution in [0, 0.1) is 0 Å². The van der Waals surface area contributed by atoms with Crippen molar-refractivity contribution < 1.29 is 9.90 Å². The molecule has 6 heteroatoms. The normalized spacial score (nSPS) is 27.4. The van der Waals surface area contributed by atoms with Crippen LogP contribution in [0.25, 0.3) is 0 Å². The molecule has 0 spiro atoms. The average molecular weight is 264 g/mol. The second-order valence-corrected chi connectivity index (χ2v) is 5.36. The van der Waals surface area contributed by atoms with Crippen LogP contribution >= 0.6 is 0 Å².